The standard InChI is InChI=1S/C23H28N4O5S/c1-15(2)32-23(30)20(9-8-17(28)13-25)27-22(29)21(33(31)11-5-10-24)12-16-14-26-19-7-4-3-6-18(16)19/h3-4,6-7,13-15,20-21,25-26H,5,8-9,11-12H2,1-2H3,(H,27,29)/t20-,21-,33?/m0/s1. The quantitative estimate of drug-likeness (QED) is 0.300. The number of carbonyl (C=O) groups excluding carboxylic acids is 3. The number of aromatic amines is 1. The molecule has 1 unspecified atom stereocenters. The summed E-state index contributed by atoms with van der Waals surface area (Å²) in [6.07, 6.45) is 1.98. The first-order valence-electron chi connectivity index (χ1n) is 10.6. The van der Waals surface area contributed by atoms with Crippen LogP contribution in [-0.4, -0.2) is 56.2 Å². The van der Waals surface area contributed by atoms with E-state index in [-0.39, 0.29) is 31.4 Å². The highest BCUT2D eigenvalue weighted by Crippen LogP contribution is 2.21. The molecule has 2 rings (SSSR count). The number of carbonyl (C=O) groups is 3. The van der Waals surface area contributed by atoms with Gasteiger partial charge in [0.1, 0.15) is 11.3 Å². The number of aromatic nitrogens is 1. The third kappa shape index (κ3) is 7.64. The van der Waals surface area contributed by atoms with Crippen LogP contribution in [0.15, 0.2) is 30.5 Å². The third-order valence-corrected chi connectivity index (χ3v) is 6.52. The number of nitriles is 1. The number of hydrogen-bond donors (Lipinski definition) is 3. The summed E-state index contributed by atoms with van der Waals surface area (Å²) in [6, 6.07) is 8.32. The monoisotopic (exact) mass is 472 g/mol. The zero-order valence-corrected chi connectivity index (χ0v) is 19.4. The molecular weight excluding hydrogens is 444 g/mol. The molecule has 1 amide bonds. The minimum atomic E-state index is -1.67. The van der Waals surface area contributed by atoms with Gasteiger partial charge in [0.25, 0.3) is 0 Å². The molecule has 0 aliphatic rings. The molecule has 1 aromatic heterocycles. The lowest BCUT2D eigenvalue weighted by Crippen LogP contribution is -2.48. The minimum absolute atomic E-state index is 0.0182. The van der Waals surface area contributed by atoms with E-state index in [4.69, 9.17) is 15.4 Å². The smallest absolute Gasteiger partial charge is 0.328 e. The molecule has 0 aliphatic carbocycles. The first-order chi connectivity index (χ1) is 15.8. The van der Waals surface area contributed by atoms with Gasteiger partial charge in [-0.05, 0) is 38.3 Å². The molecule has 3 atom stereocenters. The van der Waals surface area contributed by atoms with E-state index in [2.05, 4.69) is 10.3 Å². The van der Waals surface area contributed by atoms with Gasteiger partial charge in [-0.3, -0.25) is 13.8 Å². The molecule has 9 nitrogen and oxygen atoms in total. The van der Waals surface area contributed by atoms with Gasteiger partial charge < -0.3 is 20.4 Å². The summed E-state index contributed by atoms with van der Waals surface area (Å²) < 4.78 is 18.1. The summed E-state index contributed by atoms with van der Waals surface area (Å²) in [5.41, 5.74) is 1.66. The second-order valence-electron chi connectivity index (χ2n) is 7.74. The summed E-state index contributed by atoms with van der Waals surface area (Å²) in [5.74, 6) is -1.79. The summed E-state index contributed by atoms with van der Waals surface area (Å²) in [4.78, 5) is 40.4. The Morgan fingerprint density at radius 1 is 1.30 bits per heavy atom. The van der Waals surface area contributed by atoms with E-state index >= 15 is 0 Å². The van der Waals surface area contributed by atoms with Crippen LogP contribution in [0.4, 0.5) is 0 Å². The Morgan fingerprint density at radius 3 is 2.70 bits per heavy atom. The topological polar surface area (TPSA) is 153 Å². The minimum Gasteiger partial charge on any atom is -0.461 e. The van der Waals surface area contributed by atoms with Crippen molar-refractivity contribution < 1.29 is 23.3 Å². The van der Waals surface area contributed by atoms with Gasteiger partial charge in [0.15, 0.2) is 5.78 Å². The number of H-pyrrole nitrogens is 1. The molecule has 1 aromatic carbocycles. The summed E-state index contributed by atoms with van der Waals surface area (Å²) in [7, 11) is -1.67. The highest BCUT2D eigenvalue weighted by atomic mass is 32.2. The van der Waals surface area contributed by atoms with Gasteiger partial charge in [-0.1, -0.05) is 18.2 Å². The number of Topliss-reactive ketones (excluding diaryl/α,β-unsaturated/α-hetero) is 1. The van der Waals surface area contributed by atoms with Gasteiger partial charge in [-0.15, -0.1) is 0 Å². The molecule has 33 heavy (non-hydrogen) atoms. The number of rotatable bonds is 13. The van der Waals surface area contributed by atoms with Crippen LogP contribution < -0.4 is 5.32 Å². The molecule has 0 bridgehead atoms. The van der Waals surface area contributed by atoms with E-state index in [0.717, 1.165) is 16.5 Å². The van der Waals surface area contributed by atoms with Gasteiger partial charge in [0.2, 0.25) is 5.91 Å². The van der Waals surface area contributed by atoms with Crippen molar-refractivity contribution in [2.75, 3.05) is 5.75 Å². The molecule has 176 valence electrons. The van der Waals surface area contributed by atoms with Gasteiger partial charge in [0.05, 0.1) is 18.4 Å². The summed E-state index contributed by atoms with van der Waals surface area (Å²) in [6.45, 7) is 3.33. The molecule has 2 aromatic rings. The van der Waals surface area contributed by atoms with Crippen molar-refractivity contribution in [2.24, 2.45) is 0 Å². The molecule has 0 aliphatic heterocycles. The highest BCUT2D eigenvalue weighted by molar-refractivity contribution is 7.86. The number of nitrogens with zero attached hydrogens (tertiary/aromatic N) is 1. The van der Waals surface area contributed by atoms with Crippen molar-refractivity contribution in [1.82, 2.24) is 10.3 Å². The van der Waals surface area contributed by atoms with Gasteiger partial charge in [-0.25, -0.2) is 4.79 Å². The van der Waals surface area contributed by atoms with Crippen molar-refractivity contribution in [2.45, 2.75) is 56.9 Å². The Kier molecular flexibility index (Phi) is 9.94. The van der Waals surface area contributed by atoms with Crippen LogP contribution in [0.3, 0.4) is 0 Å². The molecule has 0 radical (unpaired) electrons. The first kappa shape index (κ1) is 25.9. The van der Waals surface area contributed by atoms with Crippen LogP contribution in [0, 0.1) is 16.7 Å². The molecule has 10 heteroatoms. The fraction of sp³-hybridized carbons (Fsp3) is 0.435. The van der Waals surface area contributed by atoms with Crippen molar-refractivity contribution >= 4 is 45.6 Å². The van der Waals surface area contributed by atoms with Gasteiger partial charge in [0, 0.05) is 46.5 Å². The van der Waals surface area contributed by atoms with E-state index in [1.54, 1.807) is 20.0 Å². The van der Waals surface area contributed by atoms with Crippen LogP contribution >= 0.6 is 0 Å². The largest absolute Gasteiger partial charge is 0.461 e. The zero-order valence-electron chi connectivity index (χ0n) is 18.6. The SMILES string of the molecule is CC(C)OC(=O)[C@H](CCC(=O)C=N)NC(=O)[C@H](Cc1c[nH]c2ccccc12)S(=O)CCC#N. The van der Waals surface area contributed by atoms with Crippen molar-refractivity contribution in [3.63, 3.8) is 0 Å². The molecule has 0 saturated heterocycles. The van der Waals surface area contributed by atoms with E-state index in [1.165, 1.54) is 0 Å². The average Bonchev–Trinajstić information content (AvgIpc) is 3.20. The Hall–Kier alpha value is -3.32. The van der Waals surface area contributed by atoms with Crippen LogP contribution in [-0.2, 0) is 36.3 Å². The average molecular weight is 473 g/mol. The number of nitrogens with one attached hydrogen (secondary N) is 3. The van der Waals surface area contributed by atoms with E-state index in [0.29, 0.717) is 6.21 Å². The molecule has 1 heterocycles. The summed E-state index contributed by atoms with van der Waals surface area (Å²) >= 11 is 0. The number of para-hydroxylation sites is 1. The maximum absolute atomic E-state index is 13.2. The number of amides is 1. The number of esters is 1. The lowest BCUT2D eigenvalue weighted by atomic mass is 10.1. The second-order valence-corrected chi connectivity index (χ2v) is 9.48. The number of fused-ring (bicyclic) bond motifs is 1. The second kappa shape index (κ2) is 12.6. The number of ether oxygens (including phenoxy) is 1. The Balaban J connectivity index is 2.26. The third-order valence-electron chi connectivity index (χ3n) is 4.90. The molecular formula is C23H28N4O5S. The number of ketones is 1. The fourth-order valence-electron chi connectivity index (χ4n) is 3.28. The Labute approximate surface area is 194 Å². The highest BCUT2D eigenvalue weighted by Gasteiger charge is 2.31. The maximum atomic E-state index is 13.2. The molecule has 0 fully saturated rings. The molecule has 0 spiro atoms. The van der Waals surface area contributed by atoms with Gasteiger partial charge in [-0.2, -0.15) is 5.26 Å². The van der Waals surface area contributed by atoms with Crippen LogP contribution in [0.2, 0.25) is 0 Å². The van der Waals surface area contributed by atoms with E-state index in [1.807, 2.05) is 30.3 Å². The van der Waals surface area contributed by atoms with Crippen LogP contribution in [0.5, 0.6) is 0 Å². The number of hydrogen-bond acceptors (Lipinski definition) is 7. The van der Waals surface area contributed by atoms with Crippen LogP contribution in [0.25, 0.3) is 10.9 Å². The van der Waals surface area contributed by atoms with Gasteiger partial charge >= 0.3 is 5.97 Å². The fourth-order valence-corrected chi connectivity index (χ4v) is 4.53. The molecule has 0 saturated carbocycles. The number of benzene rings is 1. The normalized spacial score (nSPS) is 13.6. The van der Waals surface area contributed by atoms with E-state index in [9.17, 15) is 18.6 Å². The molecule has 3 N–H and O–H groups in total. The van der Waals surface area contributed by atoms with Crippen molar-refractivity contribution in [1.29, 1.82) is 10.7 Å². The Morgan fingerprint density at radius 2 is 2.03 bits per heavy atom. The Bertz CT molecular complexity index is 1070. The maximum Gasteiger partial charge on any atom is 0.328 e. The summed E-state index contributed by atoms with van der Waals surface area (Å²) in [5, 5.41) is 18.4. The zero-order chi connectivity index (χ0) is 24.4. The lowest BCUT2D eigenvalue weighted by molar-refractivity contribution is -0.151. The predicted octanol–water partition coefficient (Wildman–Crippen LogP) is 2.18. The van der Waals surface area contributed by atoms with E-state index < -0.39 is 45.9 Å². The van der Waals surface area contributed by atoms with Crippen molar-refractivity contribution in [3.05, 3.63) is 36.0 Å². The lowest BCUT2D eigenvalue weighted by Gasteiger charge is -2.22. The van der Waals surface area contributed by atoms with Crippen molar-refractivity contribution in [3.8, 4) is 6.07 Å². The predicted molar refractivity (Wildman–Crippen MR) is 125 cm³/mol. The van der Waals surface area contributed by atoms with Crippen LogP contribution in [0.1, 0.15) is 38.7 Å². The first-order valence-corrected chi connectivity index (χ1v) is 12.0.